The Morgan fingerprint density at radius 2 is 1.90 bits per heavy atom. The van der Waals surface area contributed by atoms with Crippen LogP contribution < -0.4 is 5.32 Å². The second-order valence-electron chi connectivity index (χ2n) is 5.62. The van der Waals surface area contributed by atoms with Crippen molar-refractivity contribution in [2.24, 2.45) is 0 Å². The van der Waals surface area contributed by atoms with Gasteiger partial charge in [0.2, 0.25) is 5.91 Å². The topological polar surface area (TPSA) is 32.3 Å². The Kier molecular flexibility index (Phi) is 7.00. The van der Waals surface area contributed by atoms with Gasteiger partial charge in [-0.15, -0.1) is 0 Å². The number of likely N-dealkylation sites (N-methyl/N-ethyl adjacent to an activating group) is 1. The molecule has 1 rings (SSSR count). The lowest BCUT2D eigenvalue weighted by Crippen LogP contribution is -2.42. The van der Waals surface area contributed by atoms with Crippen molar-refractivity contribution in [2.45, 2.75) is 46.6 Å². The smallest absolute Gasteiger partial charge is 0.245 e. The Bertz CT molecular complexity index is 465. The van der Waals surface area contributed by atoms with Crippen molar-refractivity contribution in [2.75, 3.05) is 18.4 Å². The van der Waals surface area contributed by atoms with Gasteiger partial charge in [0.1, 0.15) is 6.04 Å². The molecule has 21 heavy (non-hydrogen) atoms. The van der Waals surface area contributed by atoms with Gasteiger partial charge in [-0.05, 0) is 44.9 Å². The highest BCUT2D eigenvalue weighted by Crippen LogP contribution is 2.13. The van der Waals surface area contributed by atoms with Crippen molar-refractivity contribution in [1.29, 1.82) is 0 Å². The SMILES string of the molecule is C=C(C)CN(CC)C(=O)C(C)Nc1ccc(CCC)cc1. The molecule has 1 atom stereocenters. The molecule has 1 aromatic rings. The summed E-state index contributed by atoms with van der Waals surface area (Å²) in [7, 11) is 0. The molecule has 1 aromatic carbocycles. The lowest BCUT2D eigenvalue weighted by Gasteiger charge is -2.25. The van der Waals surface area contributed by atoms with Gasteiger partial charge in [-0.25, -0.2) is 0 Å². The average Bonchev–Trinajstić information content (AvgIpc) is 2.46. The molecule has 0 radical (unpaired) electrons. The van der Waals surface area contributed by atoms with Crippen molar-refractivity contribution in [1.82, 2.24) is 4.90 Å². The van der Waals surface area contributed by atoms with Gasteiger partial charge >= 0.3 is 0 Å². The van der Waals surface area contributed by atoms with Crippen LogP contribution in [0.25, 0.3) is 0 Å². The molecular weight excluding hydrogens is 260 g/mol. The molecule has 3 heteroatoms. The van der Waals surface area contributed by atoms with E-state index in [1.807, 2.05) is 37.8 Å². The van der Waals surface area contributed by atoms with Crippen molar-refractivity contribution in [3.05, 3.63) is 42.0 Å². The molecule has 0 fully saturated rings. The molecule has 1 amide bonds. The molecule has 1 N–H and O–H groups in total. The maximum atomic E-state index is 12.4. The maximum absolute atomic E-state index is 12.4. The number of carbonyl (C=O) groups is 1. The zero-order valence-electron chi connectivity index (χ0n) is 13.8. The number of benzene rings is 1. The number of nitrogens with zero attached hydrogens (tertiary/aromatic N) is 1. The first-order valence-corrected chi connectivity index (χ1v) is 7.76. The number of carbonyl (C=O) groups excluding carboxylic acids is 1. The van der Waals surface area contributed by atoms with E-state index in [-0.39, 0.29) is 11.9 Å². The molecule has 0 bridgehead atoms. The molecular formula is C18H28N2O. The number of rotatable bonds is 8. The summed E-state index contributed by atoms with van der Waals surface area (Å²) in [5.41, 5.74) is 3.32. The van der Waals surface area contributed by atoms with Gasteiger partial charge < -0.3 is 10.2 Å². The molecule has 0 aliphatic carbocycles. The van der Waals surface area contributed by atoms with E-state index < -0.39 is 0 Å². The third-order valence-electron chi connectivity index (χ3n) is 3.40. The van der Waals surface area contributed by atoms with E-state index in [0.29, 0.717) is 13.1 Å². The quantitative estimate of drug-likeness (QED) is 0.737. The van der Waals surface area contributed by atoms with Crippen LogP contribution >= 0.6 is 0 Å². The first-order valence-electron chi connectivity index (χ1n) is 7.76. The molecule has 0 aromatic heterocycles. The summed E-state index contributed by atoms with van der Waals surface area (Å²) in [6.45, 7) is 13.2. The first-order chi connectivity index (χ1) is 9.97. The molecule has 0 saturated carbocycles. The second kappa shape index (κ2) is 8.50. The monoisotopic (exact) mass is 288 g/mol. The van der Waals surface area contributed by atoms with Crippen LogP contribution in [0.1, 0.15) is 39.7 Å². The number of amides is 1. The summed E-state index contributed by atoms with van der Waals surface area (Å²) in [5.74, 6) is 0.109. The van der Waals surface area contributed by atoms with Crippen molar-refractivity contribution >= 4 is 11.6 Å². The van der Waals surface area contributed by atoms with Gasteiger partial charge in [0.05, 0.1) is 0 Å². The van der Waals surface area contributed by atoms with E-state index in [1.54, 1.807) is 0 Å². The van der Waals surface area contributed by atoms with E-state index in [9.17, 15) is 4.79 Å². The van der Waals surface area contributed by atoms with Crippen LogP contribution in [0.4, 0.5) is 5.69 Å². The minimum absolute atomic E-state index is 0.109. The van der Waals surface area contributed by atoms with Crippen molar-refractivity contribution in [3.63, 3.8) is 0 Å². The lowest BCUT2D eigenvalue weighted by molar-refractivity contribution is -0.131. The summed E-state index contributed by atoms with van der Waals surface area (Å²) in [5, 5.41) is 3.28. The molecule has 0 aliphatic heterocycles. The summed E-state index contributed by atoms with van der Waals surface area (Å²) in [4.78, 5) is 14.2. The number of hydrogen-bond acceptors (Lipinski definition) is 2. The number of hydrogen-bond donors (Lipinski definition) is 1. The minimum Gasteiger partial charge on any atom is -0.374 e. The summed E-state index contributed by atoms with van der Waals surface area (Å²) in [6.07, 6.45) is 2.24. The van der Waals surface area contributed by atoms with Crippen LogP contribution in [0.15, 0.2) is 36.4 Å². The molecule has 0 aliphatic rings. The fraction of sp³-hybridized carbons (Fsp3) is 0.500. The lowest BCUT2D eigenvalue weighted by atomic mass is 10.1. The Hall–Kier alpha value is -1.77. The van der Waals surface area contributed by atoms with E-state index >= 15 is 0 Å². The van der Waals surface area contributed by atoms with Crippen LogP contribution in [0.2, 0.25) is 0 Å². The molecule has 116 valence electrons. The predicted molar refractivity (Wildman–Crippen MR) is 90.6 cm³/mol. The Labute approximate surface area is 129 Å². The summed E-state index contributed by atoms with van der Waals surface area (Å²) < 4.78 is 0. The van der Waals surface area contributed by atoms with Gasteiger partial charge in [-0.3, -0.25) is 4.79 Å². The zero-order chi connectivity index (χ0) is 15.8. The van der Waals surface area contributed by atoms with Crippen LogP contribution in [-0.2, 0) is 11.2 Å². The van der Waals surface area contributed by atoms with Gasteiger partial charge in [0.25, 0.3) is 0 Å². The van der Waals surface area contributed by atoms with E-state index in [2.05, 4.69) is 31.0 Å². The van der Waals surface area contributed by atoms with Gasteiger partial charge in [0, 0.05) is 18.8 Å². The van der Waals surface area contributed by atoms with Crippen molar-refractivity contribution < 1.29 is 4.79 Å². The second-order valence-corrected chi connectivity index (χ2v) is 5.62. The van der Waals surface area contributed by atoms with Gasteiger partial charge in [-0.2, -0.15) is 0 Å². The molecule has 0 spiro atoms. The van der Waals surface area contributed by atoms with Gasteiger partial charge in [0.15, 0.2) is 0 Å². The minimum atomic E-state index is -0.235. The van der Waals surface area contributed by atoms with Crippen LogP contribution in [-0.4, -0.2) is 29.9 Å². The van der Waals surface area contributed by atoms with Crippen molar-refractivity contribution in [3.8, 4) is 0 Å². The Balaban J connectivity index is 2.64. The highest BCUT2D eigenvalue weighted by Gasteiger charge is 2.18. The normalized spacial score (nSPS) is 11.8. The highest BCUT2D eigenvalue weighted by molar-refractivity contribution is 5.84. The highest BCUT2D eigenvalue weighted by atomic mass is 16.2. The van der Waals surface area contributed by atoms with E-state index in [4.69, 9.17) is 0 Å². The molecule has 0 heterocycles. The fourth-order valence-corrected chi connectivity index (χ4v) is 2.31. The largest absolute Gasteiger partial charge is 0.374 e. The zero-order valence-corrected chi connectivity index (χ0v) is 13.8. The van der Waals surface area contributed by atoms with Crippen LogP contribution in [0, 0.1) is 0 Å². The molecule has 1 unspecified atom stereocenters. The maximum Gasteiger partial charge on any atom is 0.245 e. The fourth-order valence-electron chi connectivity index (χ4n) is 2.31. The summed E-state index contributed by atoms with van der Waals surface area (Å²) in [6, 6.07) is 8.10. The number of anilines is 1. The molecule has 0 saturated heterocycles. The van der Waals surface area contributed by atoms with E-state index in [0.717, 1.165) is 24.1 Å². The Morgan fingerprint density at radius 3 is 2.38 bits per heavy atom. The standard InChI is InChI=1S/C18H28N2O/c1-6-8-16-9-11-17(12-10-16)19-15(5)18(21)20(7-2)13-14(3)4/h9-12,15,19H,3,6-8,13H2,1-2,4-5H3. The van der Waals surface area contributed by atoms with Crippen LogP contribution in [0.3, 0.4) is 0 Å². The number of aryl methyl sites for hydroxylation is 1. The number of nitrogens with one attached hydrogen (secondary N) is 1. The summed E-state index contributed by atoms with van der Waals surface area (Å²) >= 11 is 0. The van der Waals surface area contributed by atoms with Crippen LogP contribution in [0.5, 0.6) is 0 Å². The van der Waals surface area contributed by atoms with E-state index in [1.165, 1.54) is 5.56 Å². The van der Waals surface area contributed by atoms with Gasteiger partial charge in [-0.1, -0.05) is 37.6 Å². The third-order valence-corrected chi connectivity index (χ3v) is 3.40. The molecule has 3 nitrogen and oxygen atoms in total. The Morgan fingerprint density at radius 1 is 1.29 bits per heavy atom. The first kappa shape index (κ1) is 17.3. The third kappa shape index (κ3) is 5.62. The average molecular weight is 288 g/mol. The predicted octanol–water partition coefficient (Wildman–Crippen LogP) is 3.86.